The molecule has 0 saturated carbocycles. The van der Waals surface area contributed by atoms with Crippen molar-refractivity contribution in [3.05, 3.63) is 22.2 Å². The first kappa shape index (κ1) is 14.4. The van der Waals surface area contributed by atoms with Crippen LogP contribution in [0.4, 0.5) is 11.4 Å². The van der Waals surface area contributed by atoms with Crippen molar-refractivity contribution < 1.29 is 0 Å². The highest BCUT2D eigenvalue weighted by Gasteiger charge is 2.13. The Hall–Kier alpha value is -1.53. The zero-order valence-corrected chi connectivity index (χ0v) is 13.0. The van der Waals surface area contributed by atoms with Gasteiger partial charge < -0.3 is 10.6 Å². The minimum absolute atomic E-state index is 0.495. The molecule has 112 valence electrons. The first-order valence-electron chi connectivity index (χ1n) is 6.93. The SMILES string of the molecule is Clc1cc(N=NN2CCCC2)cc(Cl)c1NC1=NCCN1. The van der Waals surface area contributed by atoms with Crippen LogP contribution < -0.4 is 10.6 Å². The van der Waals surface area contributed by atoms with Crippen molar-refractivity contribution in [2.75, 3.05) is 31.5 Å². The Kier molecular flexibility index (Phi) is 4.45. The second-order valence-corrected chi connectivity index (χ2v) is 5.73. The Balaban J connectivity index is 1.75. The number of anilines is 1. The molecule has 1 saturated heterocycles. The van der Waals surface area contributed by atoms with E-state index < -0.39 is 0 Å². The molecular formula is C13H16Cl2N6. The maximum absolute atomic E-state index is 6.26. The molecule has 0 aliphatic carbocycles. The Labute approximate surface area is 133 Å². The molecule has 2 heterocycles. The van der Waals surface area contributed by atoms with Crippen molar-refractivity contribution in [3.8, 4) is 0 Å². The predicted octanol–water partition coefficient (Wildman–Crippen LogP) is 3.46. The average molecular weight is 327 g/mol. The molecule has 1 fully saturated rings. The van der Waals surface area contributed by atoms with Crippen molar-refractivity contribution in [3.63, 3.8) is 0 Å². The number of rotatable bonds is 3. The number of hydrogen-bond acceptors (Lipinski definition) is 5. The van der Waals surface area contributed by atoms with E-state index in [-0.39, 0.29) is 0 Å². The summed E-state index contributed by atoms with van der Waals surface area (Å²) in [6.45, 7) is 3.48. The minimum Gasteiger partial charge on any atom is -0.354 e. The summed E-state index contributed by atoms with van der Waals surface area (Å²) >= 11 is 12.5. The van der Waals surface area contributed by atoms with Crippen LogP contribution in [-0.2, 0) is 0 Å². The van der Waals surface area contributed by atoms with Gasteiger partial charge in [-0.15, -0.1) is 5.11 Å². The third kappa shape index (κ3) is 3.57. The minimum atomic E-state index is 0.495. The van der Waals surface area contributed by atoms with Crippen LogP contribution in [0.5, 0.6) is 0 Å². The highest BCUT2D eigenvalue weighted by atomic mass is 35.5. The molecular weight excluding hydrogens is 311 g/mol. The smallest absolute Gasteiger partial charge is 0.196 e. The topological polar surface area (TPSA) is 64.4 Å². The van der Waals surface area contributed by atoms with E-state index in [4.69, 9.17) is 23.2 Å². The van der Waals surface area contributed by atoms with Gasteiger partial charge in [0.2, 0.25) is 0 Å². The van der Waals surface area contributed by atoms with Crippen LogP contribution in [-0.4, -0.2) is 37.1 Å². The van der Waals surface area contributed by atoms with Crippen molar-refractivity contribution in [2.45, 2.75) is 12.8 Å². The van der Waals surface area contributed by atoms with Gasteiger partial charge in [0, 0.05) is 19.6 Å². The fourth-order valence-corrected chi connectivity index (χ4v) is 2.81. The lowest BCUT2D eigenvalue weighted by atomic mass is 10.3. The Morgan fingerprint density at radius 2 is 1.90 bits per heavy atom. The number of halogens is 2. The first-order valence-corrected chi connectivity index (χ1v) is 7.69. The second-order valence-electron chi connectivity index (χ2n) is 4.92. The van der Waals surface area contributed by atoms with Gasteiger partial charge in [-0.1, -0.05) is 28.4 Å². The summed E-state index contributed by atoms with van der Waals surface area (Å²) < 4.78 is 0. The normalized spacial score (nSPS) is 18.2. The molecule has 0 unspecified atom stereocenters. The summed E-state index contributed by atoms with van der Waals surface area (Å²) in [6, 6.07) is 3.48. The lowest BCUT2D eigenvalue weighted by molar-refractivity contribution is 0.336. The van der Waals surface area contributed by atoms with Crippen LogP contribution in [0.25, 0.3) is 0 Å². The average Bonchev–Trinajstić information content (AvgIpc) is 3.14. The number of aliphatic imine (C=N–C) groups is 1. The molecule has 3 rings (SSSR count). The monoisotopic (exact) mass is 326 g/mol. The van der Waals surface area contributed by atoms with Gasteiger partial charge in [0.05, 0.1) is 28.0 Å². The molecule has 2 aliphatic rings. The predicted molar refractivity (Wildman–Crippen MR) is 85.7 cm³/mol. The molecule has 0 atom stereocenters. The maximum Gasteiger partial charge on any atom is 0.196 e. The van der Waals surface area contributed by atoms with E-state index in [0.29, 0.717) is 27.4 Å². The van der Waals surface area contributed by atoms with Crippen molar-refractivity contribution >= 4 is 40.5 Å². The molecule has 8 heteroatoms. The quantitative estimate of drug-likeness (QED) is 0.836. The maximum atomic E-state index is 6.26. The summed E-state index contributed by atoms with van der Waals surface area (Å²) in [5, 5.41) is 17.5. The van der Waals surface area contributed by atoms with Crippen molar-refractivity contribution in [2.24, 2.45) is 15.3 Å². The fourth-order valence-electron chi connectivity index (χ4n) is 2.24. The number of benzene rings is 1. The molecule has 2 N–H and O–H groups in total. The van der Waals surface area contributed by atoms with Gasteiger partial charge in [0.15, 0.2) is 5.96 Å². The lowest BCUT2D eigenvalue weighted by Crippen LogP contribution is -2.26. The number of nitrogens with one attached hydrogen (secondary N) is 2. The van der Waals surface area contributed by atoms with Gasteiger partial charge in [-0.2, -0.15) is 0 Å². The summed E-state index contributed by atoms with van der Waals surface area (Å²) in [5.41, 5.74) is 1.27. The second kappa shape index (κ2) is 6.49. The molecule has 1 aromatic carbocycles. The molecule has 0 aromatic heterocycles. The van der Waals surface area contributed by atoms with Gasteiger partial charge in [0.1, 0.15) is 0 Å². The van der Waals surface area contributed by atoms with Gasteiger partial charge in [0.25, 0.3) is 0 Å². The molecule has 1 aromatic rings. The highest BCUT2D eigenvalue weighted by Crippen LogP contribution is 2.35. The van der Waals surface area contributed by atoms with E-state index in [9.17, 15) is 0 Å². The van der Waals surface area contributed by atoms with E-state index in [1.54, 1.807) is 12.1 Å². The molecule has 21 heavy (non-hydrogen) atoms. The zero-order valence-electron chi connectivity index (χ0n) is 11.4. The Morgan fingerprint density at radius 3 is 2.52 bits per heavy atom. The molecule has 6 nitrogen and oxygen atoms in total. The van der Waals surface area contributed by atoms with Gasteiger partial charge in [-0.3, -0.25) is 10.0 Å². The Bertz CT molecular complexity index is 557. The number of nitrogens with zero attached hydrogens (tertiary/aromatic N) is 4. The van der Waals surface area contributed by atoms with Crippen LogP contribution >= 0.6 is 23.2 Å². The van der Waals surface area contributed by atoms with E-state index in [1.165, 1.54) is 12.8 Å². The van der Waals surface area contributed by atoms with Crippen LogP contribution in [0.2, 0.25) is 10.0 Å². The van der Waals surface area contributed by atoms with Crippen LogP contribution in [0, 0.1) is 0 Å². The van der Waals surface area contributed by atoms with Gasteiger partial charge in [-0.05, 0) is 25.0 Å². The van der Waals surface area contributed by atoms with Crippen LogP contribution in [0.1, 0.15) is 12.8 Å². The standard InChI is InChI=1S/C13H16Cl2N6/c14-10-7-9(19-20-21-5-1-2-6-21)8-11(15)12(10)18-13-16-3-4-17-13/h7-8H,1-6H2,(H2,16,17,18). The summed E-state index contributed by atoms with van der Waals surface area (Å²) in [7, 11) is 0. The van der Waals surface area contributed by atoms with Crippen molar-refractivity contribution in [1.82, 2.24) is 10.3 Å². The van der Waals surface area contributed by atoms with E-state index in [2.05, 4.69) is 26.0 Å². The largest absolute Gasteiger partial charge is 0.354 e. The summed E-state index contributed by atoms with van der Waals surface area (Å²) in [6.07, 6.45) is 2.33. The zero-order chi connectivity index (χ0) is 14.7. The van der Waals surface area contributed by atoms with Gasteiger partial charge in [-0.25, -0.2) is 0 Å². The van der Waals surface area contributed by atoms with E-state index in [0.717, 1.165) is 26.2 Å². The molecule has 2 aliphatic heterocycles. The number of guanidine groups is 1. The fraction of sp³-hybridized carbons (Fsp3) is 0.462. The van der Waals surface area contributed by atoms with Crippen LogP contribution in [0.15, 0.2) is 27.5 Å². The van der Waals surface area contributed by atoms with Crippen LogP contribution in [0.3, 0.4) is 0 Å². The van der Waals surface area contributed by atoms with Crippen molar-refractivity contribution in [1.29, 1.82) is 0 Å². The lowest BCUT2D eigenvalue weighted by Gasteiger charge is -2.11. The third-order valence-electron chi connectivity index (χ3n) is 3.31. The molecule has 0 spiro atoms. The van der Waals surface area contributed by atoms with E-state index in [1.807, 2.05) is 5.01 Å². The Morgan fingerprint density at radius 1 is 1.19 bits per heavy atom. The first-order chi connectivity index (χ1) is 10.2. The van der Waals surface area contributed by atoms with Gasteiger partial charge >= 0.3 is 0 Å². The summed E-state index contributed by atoms with van der Waals surface area (Å²) in [5.74, 6) is 0.685. The van der Waals surface area contributed by atoms with E-state index >= 15 is 0 Å². The highest BCUT2D eigenvalue weighted by molar-refractivity contribution is 6.40. The molecule has 0 radical (unpaired) electrons. The number of hydrogen-bond donors (Lipinski definition) is 2. The molecule has 0 bridgehead atoms. The summed E-state index contributed by atoms with van der Waals surface area (Å²) in [4.78, 5) is 4.25. The third-order valence-corrected chi connectivity index (χ3v) is 3.91. The molecule has 0 amide bonds.